The molecule has 0 saturated heterocycles. The van der Waals surface area contributed by atoms with E-state index in [0.29, 0.717) is 13.2 Å². The molecule has 0 heterocycles. The van der Waals surface area contributed by atoms with E-state index < -0.39 is 0 Å². The molecule has 0 aromatic heterocycles. The molecule has 0 aliphatic carbocycles. The second-order valence-electron chi connectivity index (χ2n) is 3.30. The SMILES string of the molecule is O=C=NCCOc1cccc2ccccc12. The molecule has 0 radical (unpaired) electrons. The van der Waals surface area contributed by atoms with Crippen molar-refractivity contribution in [2.75, 3.05) is 13.2 Å². The molecule has 3 nitrogen and oxygen atoms in total. The zero-order valence-corrected chi connectivity index (χ0v) is 8.72. The molecule has 3 heteroatoms. The van der Waals surface area contributed by atoms with E-state index in [9.17, 15) is 4.79 Å². The first-order chi connectivity index (χ1) is 7.92. The van der Waals surface area contributed by atoms with Crippen molar-refractivity contribution in [3.05, 3.63) is 42.5 Å². The molecular weight excluding hydrogens is 202 g/mol. The molecule has 0 fully saturated rings. The van der Waals surface area contributed by atoms with Gasteiger partial charge in [-0.05, 0) is 11.5 Å². The molecule has 0 atom stereocenters. The molecule has 0 spiro atoms. The van der Waals surface area contributed by atoms with E-state index in [1.165, 1.54) is 6.08 Å². The summed E-state index contributed by atoms with van der Waals surface area (Å²) in [5.41, 5.74) is 0. The summed E-state index contributed by atoms with van der Waals surface area (Å²) in [5, 5.41) is 2.21. The molecule has 0 unspecified atom stereocenters. The number of nitrogens with zero attached hydrogens (tertiary/aromatic N) is 1. The number of hydrogen-bond acceptors (Lipinski definition) is 3. The summed E-state index contributed by atoms with van der Waals surface area (Å²) in [5.74, 6) is 0.819. The Balaban J connectivity index is 2.20. The summed E-state index contributed by atoms with van der Waals surface area (Å²) in [6.07, 6.45) is 1.49. The number of benzene rings is 2. The Labute approximate surface area is 93.4 Å². The van der Waals surface area contributed by atoms with Crippen LogP contribution >= 0.6 is 0 Å². The number of hydrogen-bond donors (Lipinski definition) is 0. The van der Waals surface area contributed by atoms with Crippen LogP contribution in [0.2, 0.25) is 0 Å². The van der Waals surface area contributed by atoms with Crippen molar-refractivity contribution in [2.24, 2.45) is 4.99 Å². The molecular formula is C13H11NO2. The summed E-state index contributed by atoms with van der Waals surface area (Å²) in [6, 6.07) is 13.9. The minimum atomic E-state index is 0.340. The third kappa shape index (κ3) is 2.27. The summed E-state index contributed by atoms with van der Waals surface area (Å²) in [4.78, 5) is 13.3. The second-order valence-corrected chi connectivity index (χ2v) is 3.30. The monoisotopic (exact) mass is 213 g/mol. The fourth-order valence-electron chi connectivity index (χ4n) is 1.57. The first-order valence-corrected chi connectivity index (χ1v) is 5.06. The number of aliphatic imine (C=N–C) groups is 1. The first-order valence-electron chi connectivity index (χ1n) is 5.06. The molecule has 0 N–H and O–H groups in total. The molecule has 0 saturated carbocycles. The fourth-order valence-corrected chi connectivity index (χ4v) is 1.57. The van der Waals surface area contributed by atoms with E-state index in [2.05, 4.69) is 4.99 Å². The van der Waals surface area contributed by atoms with E-state index in [4.69, 9.17) is 4.74 Å². The molecule has 2 rings (SSSR count). The Morgan fingerprint density at radius 3 is 2.81 bits per heavy atom. The van der Waals surface area contributed by atoms with Crippen LogP contribution in [0.1, 0.15) is 0 Å². The van der Waals surface area contributed by atoms with Gasteiger partial charge in [-0.15, -0.1) is 0 Å². The standard InChI is InChI=1S/C13H11NO2/c15-10-14-8-9-16-13-7-3-5-11-4-1-2-6-12(11)13/h1-7H,8-9H2. The van der Waals surface area contributed by atoms with Crippen LogP contribution < -0.4 is 4.74 Å². The summed E-state index contributed by atoms with van der Waals surface area (Å²) in [7, 11) is 0. The Morgan fingerprint density at radius 2 is 1.94 bits per heavy atom. The quantitative estimate of drug-likeness (QED) is 0.444. The maximum Gasteiger partial charge on any atom is 0.235 e. The lowest BCUT2D eigenvalue weighted by molar-refractivity contribution is 0.332. The van der Waals surface area contributed by atoms with Crippen molar-refractivity contribution in [1.29, 1.82) is 0 Å². The lowest BCUT2D eigenvalue weighted by atomic mass is 10.1. The van der Waals surface area contributed by atoms with E-state index in [1.54, 1.807) is 0 Å². The van der Waals surface area contributed by atoms with Gasteiger partial charge in [-0.25, -0.2) is 9.79 Å². The van der Waals surface area contributed by atoms with Crippen molar-refractivity contribution in [3.8, 4) is 5.75 Å². The van der Waals surface area contributed by atoms with Crippen LogP contribution in [0.4, 0.5) is 0 Å². The van der Waals surface area contributed by atoms with Gasteiger partial charge in [0, 0.05) is 5.39 Å². The predicted octanol–water partition coefficient (Wildman–Crippen LogP) is 2.55. The molecule has 80 valence electrons. The highest BCUT2D eigenvalue weighted by Gasteiger charge is 1.99. The predicted molar refractivity (Wildman–Crippen MR) is 62.4 cm³/mol. The highest BCUT2D eigenvalue weighted by Crippen LogP contribution is 2.24. The fraction of sp³-hybridized carbons (Fsp3) is 0.154. The molecule has 0 bridgehead atoms. The minimum absolute atomic E-state index is 0.340. The van der Waals surface area contributed by atoms with Crippen LogP contribution in [0.15, 0.2) is 47.5 Å². The van der Waals surface area contributed by atoms with Gasteiger partial charge in [0.15, 0.2) is 0 Å². The minimum Gasteiger partial charge on any atom is -0.491 e. The van der Waals surface area contributed by atoms with Crippen molar-refractivity contribution in [1.82, 2.24) is 0 Å². The Kier molecular flexibility index (Phi) is 3.31. The van der Waals surface area contributed by atoms with Crippen molar-refractivity contribution < 1.29 is 9.53 Å². The van der Waals surface area contributed by atoms with Crippen molar-refractivity contribution >= 4 is 16.9 Å². The normalized spacial score (nSPS) is 9.75. The molecule has 0 amide bonds. The van der Waals surface area contributed by atoms with Crippen LogP contribution in [0.5, 0.6) is 5.75 Å². The molecule has 16 heavy (non-hydrogen) atoms. The van der Waals surface area contributed by atoms with Gasteiger partial charge in [-0.3, -0.25) is 0 Å². The summed E-state index contributed by atoms with van der Waals surface area (Å²) >= 11 is 0. The highest BCUT2D eigenvalue weighted by molar-refractivity contribution is 5.88. The topological polar surface area (TPSA) is 38.7 Å². The third-order valence-corrected chi connectivity index (χ3v) is 2.27. The number of fused-ring (bicyclic) bond motifs is 1. The maximum atomic E-state index is 9.88. The zero-order chi connectivity index (χ0) is 11.2. The Bertz CT molecular complexity index is 525. The van der Waals surface area contributed by atoms with Crippen molar-refractivity contribution in [3.63, 3.8) is 0 Å². The van der Waals surface area contributed by atoms with Gasteiger partial charge in [0.25, 0.3) is 0 Å². The van der Waals surface area contributed by atoms with E-state index in [-0.39, 0.29) is 0 Å². The first kappa shape index (κ1) is 10.4. The van der Waals surface area contributed by atoms with Gasteiger partial charge < -0.3 is 4.74 Å². The Morgan fingerprint density at radius 1 is 1.12 bits per heavy atom. The average Bonchev–Trinajstić information content (AvgIpc) is 2.35. The second kappa shape index (κ2) is 5.10. The zero-order valence-electron chi connectivity index (χ0n) is 8.72. The van der Waals surface area contributed by atoms with Crippen LogP contribution in [0.25, 0.3) is 10.8 Å². The number of rotatable bonds is 4. The summed E-state index contributed by atoms with van der Waals surface area (Å²) < 4.78 is 5.55. The van der Waals surface area contributed by atoms with Gasteiger partial charge in [0.1, 0.15) is 12.4 Å². The number of ether oxygens (including phenoxy) is 1. The Hall–Kier alpha value is -2.12. The molecule has 2 aromatic rings. The van der Waals surface area contributed by atoms with Crippen LogP contribution in [0.3, 0.4) is 0 Å². The average molecular weight is 213 g/mol. The van der Waals surface area contributed by atoms with E-state index in [0.717, 1.165) is 16.5 Å². The smallest absolute Gasteiger partial charge is 0.235 e. The lowest BCUT2D eigenvalue weighted by Gasteiger charge is -2.07. The summed E-state index contributed by atoms with van der Waals surface area (Å²) in [6.45, 7) is 0.732. The van der Waals surface area contributed by atoms with Gasteiger partial charge in [0.05, 0.1) is 6.54 Å². The van der Waals surface area contributed by atoms with Crippen LogP contribution in [-0.4, -0.2) is 19.2 Å². The van der Waals surface area contributed by atoms with Gasteiger partial charge in [-0.1, -0.05) is 36.4 Å². The van der Waals surface area contributed by atoms with E-state index >= 15 is 0 Å². The number of carbonyl (C=O) groups excluding carboxylic acids is 1. The molecule has 2 aromatic carbocycles. The van der Waals surface area contributed by atoms with Gasteiger partial charge >= 0.3 is 0 Å². The largest absolute Gasteiger partial charge is 0.491 e. The third-order valence-electron chi connectivity index (χ3n) is 2.27. The molecule has 0 aliphatic heterocycles. The van der Waals surface area contributed by atoms with Crippen molar-refractivity contribution in [2.45, 2.75) is 0 Å². The van der Waals surface area contributed by atoms with Gasteiger partial charge in [0.2, 0.25) is 6.08 Å². The molecule has 0 aliphatic rings. The highest BCUT2D eigenvalue weighted by atomic mass is 16.5. The number of isocyanates is 1. The lowest BCUT2D eigenvalue weighted by Crippen LogP contribution is -2.00. The van der Waals surface area contributed by atoms with E-state index in [1.807, 2.05) is 42.5 Å². The van der Waals surface area contributed by atoms with Gasteiger partial charge in [-0.2, -0.15) is 0 Å². The van der Waals surface area contributed by atoms with Crippen LogP contribution in [0, 0.1) is 0 Å². The van der Waals surface area contributed by atoms with Crippen LogP contribution in [-0.2, 0) is 4.79 Å². The maximum absolute atomic E-state index is 9.88.